The monoisotopic (exact) mass is 385 g/mol. The van der Waals surface area contributed by atoms with E-state index in [-0.39, 0.29) is 5.02 Å². The molecular formula is C21H17ClFNOS. The molecule has 2 nitrogen and oxygen atoms in total. The number of benzene rings is 2. The molecule has 0 saturated carbocycles. The SMILES string of the molecule is CCCc1cc(C#N)c(-c2sccc2C)c(-c2cc(F)c(O)c(Cl)c2)c1. The molecule has 1 aromatic heterocycles. The van der Waals surface area contributed by atoms with Crippen LogP contribution in [0.25, 0.3) is 21.6 Å². The first-order chi connectivity index (χ1) is 12.5. The van der Waals surface area contributed by atoms with Crippen molar-refractivity contribution in [2.75, 3.05) is 0 Å². The summed E-state index contributed by atoms with van der Waals surface area (Å²) in [6.07, 6.45) is 1.76. The molecule has 0 amide bonds. The van der Waals surface area contributed by atoms with Gasteiger partial charge in [-0.3, -0.25) is 0 Å². The van der Waals surface area contributed by atoms with E-state index in [1.54, 1.807) is 17.4 Å². The highest BCUT2D eigenvalue weighted by molar-refractivity contribution is 7.13. The van der Waals surface area contributed by atoms with Crippen molar-refractivity contribution < 1.29 is 9.50 Å². The summed E-state index contributed by atoms with van der Waals surface area (Å²) in [7, 11) is 0. The molecule has 5 heteroatoms. The Balaban J connectivity index is 2.37. The molecule has 0 aliphatic heterocycles. The summed E-state index contributed by atoms with van der Waals surface area (Å²) in [4.78, 5) is 0.976. The predicted octanol–water partition coefficient (Wildman–Crippen LogP) is 6.71. The molecule has 0 unspecified atom stereocenters. The smallest absolute Gasteiger partial charge is 0.170 e. The lowest BCUT2D eigenvalue weighted by Gasteiger charge is -2.15. The summed E-state index contributed by atoms with van der Waals surface area (Å²) in [5.74, 6) is -1.34. The van der Waals surface area contributed by atoms with Crippen molar-refractivity contribution >= 4 is 22.9 Å². The third-order valence-corrected chi connectivity index (χ3v) is 5.60. The fourth-order valence-corrected chi connectivity index (χ4v) is 4.25. The third kappa shape index (κ3) is 3.33. The van der Waals surface area contributed by atoms with Crippen molar-refractivity contribution in [3.8, 4) is 33.4 Å². The maximum atomic E-state index is 14.1. The largest absolute Gasteiger partial charge is 0.504 e. The molecule has 0 fully saturated rings. The molecule has 0 atom stereocenters. The van der Waals surface area contributed by atoms with Gasteiger partial charge in [-0.15, -0.1) is 11.3 Å². The van der Waals surface area contributed by atoms with Crippen LogP contribution in [-0.2, 0) is 6.42 Å². The van der Waals surface area contributed by atoms with Gasteiger partial charge in [0.2, 0.25) is 0 Å². The molecule has 0 radical (unpaired) electrons. The first kappa shape index (κ1) is 18.4. The Morgan fingerprint density at radius 3 is 2.62 bits per heavy atom. The second-order valence-corrected chi connectivity index (χ2v) is 7.47. The van der Waals surface area contributed by atoms with Crippen LogP contribution < -0.4 is 0 Å². The third-order valence-electron chi connectivity index (χ3n) is 4.27. The van der Waals surface area contributed by atoms with Crippen molar-refractivity contribution in [1.82, 2.24) is 0 Å². The van der Waals surface area contributed by atoms with Crippen molar-refractivity contribution in [3.63, 3.8) is 0 Å². The van der Waals surface area contributed by atoms with Gasteiger partial charge in [-0.25, -0.2) is 4.39 Å². The van der Waals surface area contributed by atoms with Crippen molar-refractivity contribution in [1.29, 1.82) is 5.26 Å². The summed E-state index contributed by atoms with van der Waals surface area (Å²) in [6, 6.07) is 11.0. The van der Waals surface area contributed by atoms with Crippen LogP contribution in [0.5, 0.6) is 5.75 Å². The molecule has 3 rings (SSSR count). The number of halogens is 2. The Bertz CT molecular complexity index is 996. The molecule has 3 aromatic rings. The van der Waals surface area contributed by atoms with E-state index in [2.05, 4.69) is 13.0 Å². The van der Waals surface area contributed by atoms with Gasteiger partial charge in [0.15, 0.2) is 11.6 Å². The van der Waals surface area contributed by atoms with Crippen molar-refractivity contribution in [2.24, 2.45) is 0 Å². The van der Waals surface area contributed by atoms with E-state index in [0.717, 1.165) is 40.0 Å². The first-order valence-corrected chi connectivity index (χ1v) is 9.51. The van der Waals surface area contributed by atoms with E-state index in [0.29, 0.717) is 11.1 Å². The molecule has 132 valence electrons. The zero-order valence-electron chi connectivity index (χ0n) is 14.4. The molecular weight excluding hydrogens is 369 g/mol. The van der Waals surface area contributed by atoms with E-state index < -0.39 is 11.6 Å². The lowest BCUT2D eigenvalue weighted by molar-refractivity contribution is 0.433. The Morgan fingerprint density at radius 1 is 1.27 bits per heavy atom. The highest BCUT2D eigenvalue weighted by atomic mass is 35.5. The Hall–Kier alpha value is -2.35. The minimum Gasteiger partial charge on any atom is -0.504 e. The van der Waals surface area contributed by atoms with Crippen molar-refractivity contribution in [2.45, 2.75) is 26.7 Å². The van der Waals surface area contributed by atoms with Crippen LogP contribution in [0.1, 0.15) is 30.0 Å². The van der Waals surface area contributed by atoms with E-state index in [9.17, 15) is 14.8 Å². The zero-order valence-corrected chi connectivity index (χ0v) is 16.0. The fourth-order valence-electron chi connectivity index (χ4n) is 3.05. The maximum Gasteiger partial charge on any atom is 0.170 e. The normalized spacial score (nSPS) is 10.7. The lowest BCUT2D eigenvalue weighted by atomic mass is 9.90. The highest BCUT2D eigenvalue weighted by Crippen LogP contribution is 2.42. The number of hydrogen-bond donors (Lipinski definition) is 1. The van der Waals surface area contributed by atoms with Crippen LogP contribution >= 0.6 is 22.9 Å². The van der Waals surface area contributed by atoms with Crippen LogP contribution in [0.4, 0.5) is 4.39 Å². The number of aryl methyl sites for hydroxylation is 2. The number of phenolic OH excluding ortho intramolecular Hbond substituents is 1. The number of phenols is 1. The number of nitrogens with zero attached hydrogens (tertiary/aromatic N) is 1. The van der Waals surface area contributed by atoms with Gasteiger partial charge in [-0.2, -0.15) is 5.26 Å². The quantitative estimate of drug-likeness (QED) is 0.542. The maximum absolute atomic E-state index is 14.1. The van der Waals surface area contributed by atoms with Gasteiger partial charge in [-0.1, -0.05) is 31.0 Å². The summed E-state index contributed by atoms with van der Waals surface area (Å²) in [5, 5.41) is 21.3. The summed E-state index contributed by atoms with van der Waals surface area (Å²) in [5.41, 5.74) is 4.70. The molecule has 1 heterocycles. The first-order valence-electron chi connectivity index (χ1n) is 8.26. The standard InChI is InChI=1S/C21H17ClFNOS/c1-3-4-13-7-15(11-24)19(21-12(2)5-6-26-21)16(8-13)14-9-17(22)20(25)18(23)10-14/h5-10,25H,3-4H2,1-2H3. The Morgan fingerprint density at radius 2 is 2.04 bits per heavy atom. The van der Waals surface area contributed by atoms with Crippen molar-refractivity contribution in [3.05, 3.63) is 63.2 Å². The number of nitriles is 1. The van der Waals surface area contributed by atoms with Gasteiger partial charge in [-0.05, 0) is 65.2 Å². The topological polar surface area (TPSA) is 44.0 Å². The van der Waals surface area contributed by atoms with Gasteiger partial charge >= 0.3 is 0 Å². The minimum absolute atomic E-state index is 0.0479. The number of aromatic hydroxyl groups is 1. The summed E-state index contributed by atoms with van der Waals surface area (Å²) in [6.45, 7) is 4.06. The fraction of sp³-hybridized carbons (Fsp3) is 0.190. The Labute approximate surface area is 161 Å². The molecule has 0 aliphatic carbocycles. The molecule has 0 spiro atoms. The molecule has 0 bridgehead atoms. The lowest BCUT2D eigenvalue weighted by Crippen LogP contribution is -1.95. The van der Waals surface area contributed by atoms with Gasteiger partial charge in [0.1, 0.15) is 0 Å². The van der Waals surface area contributed by atoms with E-state index >= 15 is 0 Å². The van der Waals surface area contributed by atoms with Crippen LogP contribution in [0.2, 0.25) is 5.02 Å². The molecule has 0 aliphatic rings. The van der Waals surface area contributed by atoms with Gasteiger partial charge in [0, 0.05) is 10.4 Å². The molecule has 0 saturated heterocycles. The second kappa shape index (κ2) is 7.49. The van der Waals surface area contributed by atoms with Crippen LogP contribution in [0.15, 0.2) is 35.7 Å². The summed E-state index contributed by atoms with van der Waals surface area (Å²) < 4.78 is 14.1. The van der Waals surface area contributed by atoms with E-state index in [1.807, 2.05) is 30.5 Å². The van der Waals surface area contributed by atoms with Gasteiger partial charge in [0.25, 0.3) is 0 Å². The summed E-state index contributed by atoms with van der Waals surface area (Å²) >= 11 is 7.54. The average molecular weight is 386 g/mol. The highest BCUT2D eigenvalue weighted by Gasteiger charge is 2.19. The van der Waals surface area contributed by atoms with Gasteiger partial charge in [0.05, 0.1) is 16.7 Å². The number of hydrogen-bond acceptors (Lipinski definition) is 3. The number of rotatable bonds is 4. The van der Waals surface area contributed by atoms with Gasteiger partial charge < -0.3 is 5.11 Å². The molecule has 2 aromatic carbocycles. The van der Waals surface area contributed by atoms with Crippen LogP contribution in [0.3, 0.4) is 0 Å². The van der Waals surface area contributed by atoms with E-state index in [4.69, 9.17) is 11.6 Å². The minimum atomic E-state index is -0.777. The molecule has 1 N–H and O–H groups in total. The number of thiophene rings is 1. The van der Waals surface area contributed by atoms with Crippen LogP contribution in [-0.4, -0.2) is 5.11 Å². The van der Waals surface area contributed by atoms with Crippen LogP contribution in [0, 0.1) is 24.1 Å². The second-order valence-electron chi connectivity index (χ2n) is 6.15. The predicted molar refractivity (Wildman–Crippen MR) is 105 cm³/mol. The molecule has 26 heavy (non-hydrogen) atoms. The average Bonchev–Trinajstić information content (AvgIpc) is 3.04. The zero-order chi connectivity index (χ0) is 18.8. The van der Waals surface area contributed by atoms with E-state index in [1.165, 1.54) is 6.07 Å². The Kier molecular flexibility index (Phi) is 5.31.